The van der Waals surface area contributed by atoms with Crippen molar-refractivity contribution >= 4 is 34.6 Å². The molecule has 2 heterocycles. The van der Waals surface area contributed by atoms with Gasteiger partial charge in [0.2, 0.25) is 0 Å². The number of thiophene rings is 1. The Balaban J connectivity index is 2.23. The number of nitrogens with one attached hydrogen (secondary N) is 1. The number of halogens is 1. The van der Waals surface area contributed by atoms with Crippen molar-refractivity contribution < 1.29 is 4.39 Å². The van der Waals surface area contributed by atoms with Crippen molar-refractivity contribution in [2.24, 2.45) is 0 Å². The molecule has 0 bridgehead atoms. The van der Waals surface area contributed by atoms with Crippen LogP contribution < -0.4 is 0 Å². The molecule has 0 spiro atoms. The number of benzene rings is 1. The highest BCUT2D eigenvalue weighted by atomic mass is 32.1. The van der Waals surface area contributed by atoms with Crippen LogP contribution in [-0.2, 0) is 0 Å². The van der Waals surface area contributed by atoms with Gasteiger partial charge >= 0.3 is 0 Å². The first-order valence-electron chi connectivity index (χ1n) is 5.60. The molecule has 0 radical (unpaired) electrons. The number of fused-ring (bicyclic) bond motifs is 1. The Bertz CT molecular complexity index is 740. The lowest BCUT2D eigenvalue weighted by molar-refractivity contribution is 0.628. The fraction of sp³-hybridized carbons (Fsp3) is 0.154. The van der Waals surface area contributed by atoms with Gasteiger partial charge in [-0.05, 0) is 48.8 Å². The average Bonchev–Trinajstić information content (AvgIpc) is 2.94. The molecule has 0 amide bonds. The van der Waals surface area contributed by atoms with E-state index < -0.39 is 0 Å². The molecule has 1 atom stereocenters. The van der Waals surface area contributed by atoms with Gasteiger partial charge in [0.15, 0.2) is 4.77 Å². The zero-order valence-corrected chi connectivity index (χ0v) is 11.3. The SMILES string of the molecule is CC(c1cccs1)n1c(=S)[nH]c2cc(F)ccc21. The summed E-state index contributed by atoms with van der Waals surface area (Å²) in [6, 6.07) is 8.96. The first-order valence-corrected chi connectivity index (χ1v) is 6.89. The number of aromatic amines is 1. The number of nitrogens with zero attached hydrogens (tertiary/aromatic N) is 1. The molecule has 2 aromatic heterocycles. The molecule has 0 aliphatic rings. The van der Waals surface area contributed by atoms with Gasteiger partial charge in [0.05, 0.1) is 17.1 Å². The molecule has 1 N–H and O–H groups in total. The van der Waals surface area contributed by atoms with Crippen LogP contribution in [0.5, 0.6) is 0 Å². The fourth-order valence-corrected chi connectivity index (χ4v) is 3.28. The summed E-state index contributed by atoms with van der Waals surface area (Å²) in [5, 5.41) is 2.05. The molecule has 0 saturated carbocycles. The number of H-pyrrole nitrogens is 1. The number of hydrogen-bond donors (Lipinski definition) is 1. The molecule has 0 saturated heterocycles. The van der Waals surface area contributed by atoms with Crippen molar-refractivity contribution in [1.82, 2.24) is 9.55 Å². The Hall–Kier alpha value is -1.46. The summed E-state index contributed by atoms with van der Waals surface area (Å²) in [4.78, 5) is 4.29. The summed E-state index contributed by atoms with van der Waals surface area (Å²) < 4.78 is 15.8. The summed E-state index contributed by atoms with van der Waals surface area (Å²) in [6.45, 7) is 2.10. The molecular formula is C13H11FN2S2. The maximum Gasteiger partial charge on any atom is 0.178 e. The van der Waals surface area contributed by atoms with E-state index in [9.17, 15) is 4.39 Å². The van der Waals surface area contributed by atoms with Crippen LogP contribution in [0, 0.1) is 10.6 Å². The van der Waals surface area contributed by atoms with E-state index in [0.717, 1.165) is 11.0 Å². The second-order valence-corrected chi connectivity index (χ2v) is 5.52. The van der Waals surface area contributed by atoms with E-state index >= 15 is 0 Å². The van der Waals surface area contributed by atoms with Crippen LogP contribution >= 0.6 is 23.6 Å². The normalized spacial score (nSPS) is 13.0. The van der Waals surface area contributed by atoms with Gasteiger partial charge in [0.1, 0.15) is 5.82 Å². The number of imidazole rings is 1. The van der Waals surface area contributed by atoms with Crippen LogP contribution in [0.25, 0.3) is 11.0 Å². The zero-order valence-electron chi connectivity index (χ0n) is 9.68. The molecule has 1 unspecified atom stereocenters. The highest BCUT2D eigenvalue weighted by Crippen LogP contribution is 2.27. The summed E-state index contributed by atoms with van der Waals surface area (Å²) in [5.74, 6) is -0.255. The van der Waals surface area contributed by atoms with E-state index in [2.05, 4.69) is 18.0 Å². The van der Waals surface area contributed by atoms with Gasteiger partial charge in [-0.3, -0.25) is 0 Å². The number of rotatable bonds is 2. The van der Waals surface area contributed by atoms with E-state index in [4.69, 9.17) is 12.2 Å². The van der Waals surface area contributed by atoms with Gasteiger partial charge < -0.3 is 9.55 Å². The van der Waals surface area contributed by atoms with Crippen molar-refractivity contribution in [2.75, 3.05) is 0 Å². The minimum absolute atomic E-state index is 0.150. The monoisotopic (exact) mass is 278 g/mol. The molecule has 92 valence electrons. The molecule has 18 heavy (non-hydrogen) atoms. The summed E-state index contributed by atoms with van der Waals surface area (Å²) in [5.41, 5.74) is 1.67. The Kier molecular flexibility index (Phi) is 2.80. The predicted molar refractivity (Wildman–Crippen MR) is 75.2 cm³/mol. The lowest BCUT2D eigenvalue weighted by Gasteiger charge is -2.12. The minimum atomic E-state index is -0.255. The molecule has 0 aliphatic carbocycles. The second kappa shape index (κ2) is 4.33. The summed E-state index contributed by atoms with van der Waals surface area (Å²) in [7, 11) is 0. The Morgan fingerprint density at radius 1 is 1.39 bits per heavy atom. The third-order valence-corrected chi connectivity index (χ3v) is 4.36. The van der Waals surface area contributed by atoms with E-state index in [1.807, 2.05) is 16.0 Å². The van der Waals surface area contributed by atoms with Crippen molar-refractivity contribution in [1.29, 1.82) is 0 Å². The standard InChI is InChI=1S/C13H11FN2S2/c1-8(12-3-2-6-18-12)16-11-5-4-9(14)7-10(11)15-13(16)17/h2-8H,1H3,(H,15,17). The first kappa shape index (κ1) is 11.6. The predicted octanol–water partition coefficient (Wildman–Crippen LogP) is 4.51. The summed E-state index contributed by atoms with van der Waals surface area (Å²) >= 11 is 7.03. The fourth-order valence-electron chi connectivity index (χ4n) is 2.14. The molecule has 0 fully saturated rings. The van der Waals surface area contributed by atoms with Crippen LogP contribution in [0.2, 0.25) is 0 Å². The number of hydrogen-bond acceptors (Lipinski definition) is 2. The van der Waals surface area contributed by atoms with Crippen LogP contribution in [-0.4, -0.2) is 9.55 Å². The van der Waals surface area contributed by atoms with Gasteiger partial charge in [-0.1, -0.05) is 6.07 Å². The Labute approximate surface area is 113 Å². The Morgan fingerprint density at radius 2 is 2.22 bits per heavy atom. The molecular weight excluding hydrogens is 267 g/mol. The van der Waals surface area contributed by atoms with Crippen molar-refractivity contribution in [3.05, 3.63) is 51.2 Å². The van der Waals surface area contributed by atoms with Crippen molar-refractivity contribution in [3.63, 3.8) is 0 Å². The van der Waals surface area contributed by atoms with Crippen LogP contribution in [0.1, 0.15) is 17.8 Å². The van der Waals surface area contributed by atoms with E-state index in [1.165, 1.54) is 17.0 Å². The summed E-state index contributed by atoms with van der Waals surface area (Å²) in [6.07, 6.45) is 0. The molecule has 1 aromatic carbocycles. The molecule has 3 aromatic rings. The maximum absolute atomic E-state index is 13.2. The Morgan fingerprint density at radius 3 is 2.94 bits per heavy atom. The van der Waals surface area contributed by atoms with E-state index in [-0.39, 0.29) is 11.9 Å². The van der Waals surface area contributed by atoms with Crippen LogP contribution in [0.15, 0.2) is 35.7 Å². The topological polar surface area (TPSA) is 20.7 Å². The quantitative estimate of drug-likeness (QED) is 0.684. The number of aromatic nitrogens is 2. The van der Waals surface area contributed by atoms with Gasteiger partial charge in [0.25, 0.3) is 0 Å². The van der Waals surface area contributed by atoms with Gasteiger partial charge in [0, 0.05) is 4.88 Å². The molecule has 2 nitrogen and oxygen atoms in total. The minimum Gasteiger partial charge on any atom is -0.330 e. The highest BCUT2D eigenvalue weighted by molar-refractivity contribution is 7.71. The maximum atomic E-state index is 13.2. The van der Waals surface area contributed by atoms with E-state index in [1.54, 1.807) is 17.4 Å². The molecule has 0 aliphatic heterocycles. The smallest absolute Gasteiger partial charge is 0.178 e. The third kappa shape index (κ3) is 1.79. The second-order valence-electron chi connectivity index (χ2n) is 4.15. The van der Waals surface area contributed by atoms with Crippen LogP contribution in [0.4, 0.5) is 4.39 Å². The largest absolute Gasteiger partial charge is 0.330 e. The third-order valence-electron chi connectivity index (χ3n) is 3.02. The van der Waals surface area contributed by atoms with Gasteiger partial charge in [-0.25, -0.2) is 4.39 Å². The highest BCUT2D eigenvalue weighted by Gasteiger charge is 2.14. The van der Waals surface area contributed by atoms with Gasteiger partial charge in [-0.15, -0.1) is 11.3 Å². The van der Waals surface area contributed by atoms with E-state index in [0.29, 0.717) is 4.77 Å². The van der Waals surface area contributed by atoms with Crippen molar-refractivity contribution in [3.8, 4) is 0 Å². The zero-order chi connectivity index (χ0) is 12.7. The molecule has 5 heteroatoms. The van der Waals surface area contributed by atoms with Crippen molar-refractivity contribution in [2.45, 2.75) is 13.0 Å². The first-order chi connectivity index (χ1) is 8.66. The van der Waals surface area contributed by atoms with Crippen LogP contribution in [0.3, 0.4) is 0 Å². The lowest BCUT2D eigenvalue weighted by Crippen LogP contribution is -2.04. The molecule has 3 rings (SSSR count). The average molecular weight is 278 g/mol. The lowest BCUT2D eigenvalue weighted by atomic mass is 10.2. The van der Waals surface area contributed by atoms with Gasteiger partial charge in [-0.2, -0.15) is 0 Å².